The summed E-state index contributed by atoms with van der Waals surface area (Å²) in [7, 11) is 0. The highest BCUT2D eigenvalue weighted by molar-refractivity contribution is 5.30. The number of aromatic nitrogens is 1. The van der Waals surface area contributed by atoms with Crippen LogP contribution in [0.3, 0.4) is 0 Å². The van der Waals surface area contributed by atoms with Crippen molar-refractivity contribution in [3.05, 3.63) is 53.5 Å². The van der Waals surface area contributed by atoms with Gasteiger partial charge in [-0.1, -0.05) is 6.92 Å². The molecular weight excluding hydrogens is 255 g/mol. The van der Waals surface area contributed by atoms with Crippen LogP contribution in [0.5, 0.6) is 11.6 Å². The number of rotatable bonds is 6. The minimum absolute atomic E-state index is 0.279. The maximum atomic E-state index is 12.8. The number of nitrogens with zero attached hydrogens (tertiary/aromatic N) is 1. The Labute approximate surface area is 118 Å². The molecule has 0 saturated carbocycles. The first-order valence-electron chi connectivity index (χ1n) is 6.79. The maximum absolute atomic E-state index is 12.8. The molecular formula is C16H19FN2O. The molecule has 0 aliphatic carbocycles. The van der Waals surface area contributed by atoms with Gasteiger partial charge in [-0.15, -0.1) is 0 Å². The van der Waals surface area contributed by atoms with E-state index >= 15 is 0 Å². The minimum atomic E-state index is -0.279. The smallest absolute Gasteiger partial charge is 0.219 e. The largest absolute Gasteiger partial charge is 0.439 e. The van der Waals surface area contributed by atoms with Gasteiger partial charge >= 0.3 is 0 Å². The molecule has 1 heterocycles. The van der Waals surface area contributed by atoms with Gasteiger partial charge in [0.15, 0.2) is 0 Å². The van der Waals surface area contributed by atoms with E-state index in [0.717, 1.165) is 30.8 Å². The van der Waals surface area contributed by atoms with Crippen LogP contribution in [0, 0.1) is 12.7 Å². The molecule has 0 amide bonds. The van der Waals surface area contributed by atoms with Gasteiger partial charge in [0.1, 0.15) is 11.6 Å². The lowest BCUT2D eigenvalue weighted by molar-refractivity contribution is 0.458. The van der Waals surface area contributed by atoms with Crippen molar-refractivity contribution >= 4 is 0 Å². The minimum Gasteiger partial charge on any atom is -0.439 e. The number of hydrogen-bond donors (Lipinski definition) is 1. The molecule has 1 aromatic heterocycles. The van der Waals surface area contributed by atoms with Gasteiger partial charge in [-0.3, -0.25) is 0 Å². The highest BCUT2D eigenvalue weighted by atomic mass is 19.1. The maximum Gasteiger partial charge on any atom is 0.219 e. The summed E-state index contributed by atoms with van der Waals surface area (Å²) in [6.07, 6.45) is 1.10. The zero-order valence-corrected chi connectivity index (χ0v) is 11.8. The zero-order chi connectivity index (χ0) is 14.4. The van der Waals surface area contributed by atoms with Crippen molar-refractivity contribution in [2.75, 3.05) is 6.54 Å². The highest BCUT2D eigenvalue weighted by Crippen LogP contribution is 2.21. The second-order valence-corrected chi connectivity index (χ2v) is 4.69. The van der Waals surface area contributed by atoms with E-state index in [2.05, 4.69) is 17.2 Å². The number of aryl methyl sites for hydroxylation is 1. The van der Waals surface area contributed by atoms with Crippen molar-refractivity contribution in [1.82, 2.24) is 10.3 Å². The lowest BCUT2D eigenvalue weighted by Gasteiger charge is -2.09. The van der Waals surface area contributed by atoms with E-state index in [4.69, 9.17) is 4.74 Å². The van der Waals surface area contributed by atoms with E-state index in [9.17, 15) is 4.39 Å². The van der Waals surface area contributed by atoms with Gasteiger partial charge in [0, 0.05) is 18.3 Å². The number of nitrogens with one attached hydrogen (secondary N) is 1. The van der Waals surface area contributed by atoms with Gasteiger partial charge in [0.05, 0.1) is 0 Å². The molecule has 0 aliphatic heterocycles. The molecule has 1 aromatic carbocycles. The fraction of sp³-hybridized carbons (Fsp3) is 0.312. The Hall–Kier alpha value is -1.94. The standard InChI is InChI=1S/C16H19FN2O/c1-3-8-18-11-13-9-12(2)19-16(10-13)20-15-6-4-14(17)5-7-15/h4-7,9-10,18H,3,8,11H2,1-2H3. The molecule has 106 valence electrons. The summed E-state index contributed by atoms with van der Waals surface area (Å²) in [5, 5.41) is 3.34. The van der Waals surface area contributed by atoms with Crippen LogP contribution in [0.1, 0.15) is 24.6 Å². The molecule has 2 rings (SSSR count). The molecule has 0 saturated heterocycles. The van der Waals surface area contributed by atoms with Gasteiger partial charge in [0.2, 0.25) is 5.88 Å². The number of ether oxygens (including phenoxy) is 1. The van der Waals surface area contributed by atoms with E-state index in [1.54, 1.807) is 12.1 Å². The van der Waals surface area contributed by atoms with E-state index in [0.29, 0.717) is 11.6 Å². The summed E-state index contributed by atoms with van der Waals surface area (Å²) in [5.74, 6) is 0.834. The average molecular weight is 274 g/mol. The summed E-state index contributed by atoms with van der Waals surface area (Å²) in [6, 6.07) is 9.85. The Morgan fingerprint density at radius 2 is 1.95 bits per heavy atom. The molecule has 1 N–H and O–H groups in total. The molecule has 20 heavy (non-hydrogen) atoms. The molecule has 2 aromatic rings. The molecule has 0 radical (unpaired) electrons. The molecule has 4 heteroatoms. The van der Waals surface area contributed by atoms with Crippen LogP contribution < -0.4 is 10.1 Å². The average Bonchev–Trinajstić information content (AvgIpc) is 2.41. The zero-order valence-electron chi connectivity index (χ0n) is 11.8. The highest BCUT2D eigenvalue weighted by Gasteiger charge is 2.03. The van der Waals surface area contributed by atoms with E-state index in [1.165, 1.54) is 12.1 Å². The second kappa shape index (κ2) is 7.01. The summed E-state index contributed by atoms with van der Waals surface area (Å²) in [4.78, 5) is 4.34. The number of hydrogen-bond acceptors (Lipinski definition) is 3. The van der Waals surface area contributed by atoms with Gasteiger partial charge < -0.3 is 10.1 Å². The molecule has 0 bridgehead atoms. The Morgan fingerprint density at radius 3 is 2.65 bits per heavy atom. The predicted octanol–water partition coefficient (Wildman–Crippen LogP) is 3.82. The quantitative estimate of drug-likeness (QED) is 0.813. The number of halogens is 1. The molecule has 0 spiro atoms. The third-order valence-corrected chi connectivity index (χ3v) is 2.78. The topological polar surface area (TPSA) is 34.2 Å². The van der Waals surface area contributed by atoms with Gasteiger partial charge in [-0.2, -0.15) is 0 Å². The van der Waals surface area contributed by atoms with Crippen LogP contribution in [-0.2, 0) is 6.54 Å². The third-order valence-electron chi connectivity index (χ3n) is 2.78. The monoisotopic (exact) mass is 274 g/mol. The first-order valence-corrected chi connectivity index (χ1v) is 6.79. The van der Waals surface area contributed by atoms with Crippen LogP contribution in [-0.4, -0.2) is 11.5 Å². The van der Waals surface area contributed by atoms with E-state index in [1.807, 2.05) is 19.1 Å². The molecule has 0 atom stereocenters. The predicted molar refractivity (Wildman–Crippen MR) is 77.4 cm³/mol. The lowest BCUT2D eigenvalue weighted by Crippen LogP contribution is -2.14. The lowest BCUT2D eigenvalue weighted by atomic mass is 10.2. The first-order chi connectivity index (χ1) is 9.67. The summed E-state index contributed by atoms with van der Waals surface area (Å²) < 4.78 is 18.5. The Bertz CT molecular complexity index is 555. The van der Waals surface area contributed by atoms with Crippen molar-refractivity contribution in [2.24, 2.45) is 0 Å². The SMILES string of the molecule is CCCNCc1cc(C)nc(Oc2ccc(F)cc2)c1. The van der Waals surface area contributed by atoms with Crippen LogP contribution >= 0.6 is 0 Å². The van der Waals surface area contributed by atoms with E-state index in [-0.39, 0.29) is 5.82 Å². The van der Waals surface area contributed by atoms with Crippen molar-refractivity contribution < 1.29 is 9.13 Å². The van der Waals surface area contributed by atoms with E-state index < -0.39 is 0 Å². The summed E-state index contributed by atoms with van der Waals surface area (Å²) in [6.45, 7) is 5.83. The Morgan fingerprint density at radius 1 is 1.20 bits per heavy atom. The molecule has 0 fully saturated rings. The Balaban J connectivity index is 2.09. The third kappa shape index (κ3) is 4.31. The van der Waals surface area contributed by atoms with Gasteiger partial charge in [0.25, 0.3) is 0 Å². The molecule has 3 nitrogen and oxygen atoms in total. The van der Waals surface area contributed by atoms with Crippen molar-refractivity contribution in [2.45, 2.75) is 26.8 Å². The fourth-order valence-corrected chi connectivity index (χ4v) is 1.89. The molecule has 0 unspecified atom stereocenters. The van der Waals surface area contributed by atoms with Gasteiger partial charge in [-0.25, -0.2) is 9.37 Å². The van der Waals surface area contributed by atoms with Crippen LogP contribution in [0.4, 0.5) is 4.39 Å². The first kappa shape index (κ1) is 14.5. The second-order valence-electron chi connectivity index (χ2n) is 4.69. The van der Waals surface area contributed by atoms with Crippen molar-refractivity contribution in [1.29, 1.82) is 0 Å². The van der Waals surface area contributed by atoms with Crippen molar-refractivity contribution in [3.63, 3.8) is 0 Å². The summed E-state index contributed by atoms with van der Waals surface area (Å²) >= 11 is 0. The van der Waals surface area contributed by atoms with Crippen molar-refractivity contribution in [3.8, 4) is 11.6 Å². The summed E-state index contributed by atoms with van der Waals surface area (Å²) in [5.41, 5.74) is 2.03. The Kier molecular flexibility index (Phi) is 5.07. The number of pyridine rings is 1. The normalized spacial score (nSPS) is 10.6. The molecule has 0 aliphatic rings. The fourth-order valence-electron chi connectivity index (χ4n) is 1.89. The number of benzene rings is 1. The van der Waals surface area contributed by atoms with Crippen LogP contribution in [0.25, 0.3) is 0 Å². The van der Waals surface area contributed by atoms with Crippen LogP contribution in [0.2, 0.25) is 0 Å². The van der Waals surface area contributed by atoms with Crippen LogP contribution in [0.15, 0.2) is 36.4 Å². The van der Waals surface area contributed by atoms with Gasteiger partial charge in [-0.05, 0) is 55.8 Å².